The maximum absolute atomic E-state index is 11.8. The van der Waals surface area contributed by atoms with Gasteiger partial charge in [-0.25, -0.2) is 0 Å². The third-order valence-corrected chi connectivity index (χ3v) is 3.13. The average molecular weight is 306 g/mol. The molecule has 0 bridgehead atoms. The fourth-order valence-electron chi connectivity index (χ4n) is 1.98. The molecule has 0 aliphatic heterocycles. The fraction of sp³-hybridized carbons (Fsp3) is 0.250. The smallest absolute Gasteiger partial charge is 0.238 e. The highest BCUT2D eigenvalue weighted by atomic mass is 16.1. The number of carbonyl (C=O) groups is 1. The van der Waals surface area contributed by atoms with Crippen LogP contribution in [0.3, 0.4) is 0 Å². The lowest BCUT2D eigenvalue weighted by atomic mass is 10.1. The normalized spacial score (nSPS) is 10.0. The topological polar surface area (TPSA) is 41.1 Å². The Bertz CT molecular complexity index is 679. The Morgan fingerprint density at radius 3 is 2.17 bits per heavy atom. The van der Waals surface area contributed by atoms with Crippen LogP contribution < -0.4 is 10.6 Å². The molecule has 1 amide bonds. The minimum Gasteiger partial charge on any atom is -0.325 e. The number of nitrogens with one attached hydrogen (secondary N) is 2. The van der Waals surface area contributed by atoms with E-state index in [0.717, 1.165) is 23.4 Å². The summed E-state index contributed by atoms with van der Waals surface area (Å²) in [6.45, 7) is 5.38. The van der Waals surface area contributed by atoms with Crippen molar-refractivity contribution in [3.05, 3.63) is 65.7 Å². The van der Waals surface area contributed by atoms with Crippen LogP contribution in [-0.4, -0.2) is 19.0 Å². The Kier molecular flexibility index (Phi) is 6.40. The minimum absolute atomic E-state index is 0.0335. The van der Waals surface area contributed by atoms with E-state index in [9.17, 15) is 4.79 Å². The van der Waals surface area contributed by atoms with Crippen LogP contribution in [0, 0.1) is 17.8 Å². The van der Waals surface area contributed by atoms with Crippen LogP contribution in [0.15, 0.2) is 54.6 Å². The van der Waals surface area contributed by atoms with E-state index in [2.05, 4.69) is 36.3 Å². The summed E-state index contributed by atoms with van der Waals surface area (Å²) in [6, 6.07) is 17.4. The van der Waals surface area contributed by atoms with Crippen LogP contribution in [0.2, 0.25) is 0 Å². The number of amides is 1. The van der Waals surface area contributed by atoms with E-state index in [-0.39, 0.29) is 5.91 Å². The second kappa shape index (κ2) is 8.77. The van der Waals surface area contributed by atoms with Crippen molar-refractivity contribution in [2.45, 2.75) is 13.8 Å². The lowest BCUT2D eigenvalue weighted by Crippen LogP contribution is -2.30. The summed E-state index contributed by atoms with van der Waals surface area (Å²) in [4.78, 5) is 11.8. The van der Waals surface area contributed by atoms with Crippen LogP contribution in [0.5, 0.6) is 0 Å². The van der Waals surface area contributed by atoms with Gasteiger partial charge in [0.1, 0.15) is 0 Å². The molecule has 2 aromatic carbocycles. The number of hydrogen-bond acceptors (Lipinski definition) is 2. The van der Waals surface area contributed by atoms with Crippen molar-refractivity contribution in [2.75, 3.05) is 18.4 Å². The standard InChI is InChI=1S/C20H22N2O/c1-16(2)14-21-15-20(23)22-19-12-10-18(11-13-19)9-8-17-6-4-3-5-7-17/h3-7,10-13,16,21H,14-15H2,1-2H3,(H,22,23). The Hall–Kier alpha value is -2.57. The number of benzene rings is 2. The minimum atomic E-state index is -0.0335. The molecule has 2 N–H and O–H groups in total. The first-order valence-electron chi connectivity index (χ1n) is 7.81. The van der Waals surface area contributed by atoms with Crippen molar-refractivity contribution in [3.8, 4) is 11.8 Å². The Morgan fingerprint density at radius 1 is 0.957 bits per heavy atom. The van der Waals surface area contributed by atoms with Gasteiger partial charge >= 0.3 is 0 Å². The molecule has 0 aliphatic carbocycles. The maximum atomic E-state index is 11.8. The summed E-state index contributed by atoms with van der Waals surface area (Å²) in [6.07, 6.45) is 0. The largest absolute Gasteiger partial charge is 0.325 e. The molecular formula is C20H22N2O. The molecule has 2 rings (SSSR count). The van der Waals surface area contributed by atoms with Gasteiger partial charge in [0.2, 0.25) is 5.91 Å². The second-order valence-corrected chi connectivity index (χ2v) is 5.77. The molecule has 118 valence electrons. The summed E-state index contributed by atoms with van der Waals surface area (Å²) >= 11 is 0. The molecule has 3 heteroatoms. The summed E-state index contributed by atoms with van der Waals surface area (Å²) in [5, 5.41) is 5.99. The van der Waals surface area contributed by atoms with Gasteiger partial charge in [-0.3, -0.25) is 4.79 Å². The third-order valence-electron chi connectivity index (χ3n) is 3.13. The molecule has 0 aliphatic rings. The summed E-state index contributed by atoms with van der Waals surface area (Å²) in [7, 11) is 0. The van der Waals surface area contributed by atoms with Gasteiger partial charge in [-0.2, -0.15) is 0 Å². The molecule has 3 nitrogen and oxygen atoms in total. The number of anilines is 1. The molecule has 0 saturated heterocycles. The molecular weight excluding hydrogens is 284 g/mol. The van der Waals surface area contributed by atoms with Crippen LogP contribution in [0.25, 0.3) is 0 Å². The first kappa shape index (κ1) is 16.8. The van der Waals surface area contributed by atoms with E-state index in [1.807, 2.05) is 54.6 Å². The number of hydrogen-bond donors (Lipinski definition) is 2. The number of rotatable bonds is 5. The first-order chi connectivity index (χ1) is 11.1. The van der Waals surface area contributed by atoms with Gasteiger partial charge in [0, 0.05) is 16.8 Å². The Morgan fingerprint density at radius 2 is 1.57 bits per heavy atom. The van der Waals surface area contributed by atoms with Crippen LogP contribution in [-0.2, 0) is 4.79 Å². The highest BCUT2D eigenvalue weighted by molar-refractivity contribution is 5.92. The molecule has 0 heterocycles. The predicted octanol–water partition coefficient (Wildman–Crippen LogP) is 3.27. The monoisotopic (exact) mass is 306 g/mol. The van der Waals surface area contributed by atoms with Gasteiger partial charge in [-0.15, -0.1) is 0 Å². The predicted molar refractivity (Wildman–Crippen MR) is 95.2 cm³/mol. The van der Waals surface area contributed by atoms with Crippen LogP contribution in [0.1, 0.15) is 25.0 Å². The zero-order chi connectivity index (χ0) is 16.5. The molecule has 0 atom stereocenters. The molecule has 2 aromatic rings. The molecule has 0 aromatic heterocycles. The highest BCUT2D eigenvalue weighted by Gasteiger charge is 2.02. The van der Waals surface area contributed by atoms with Crippen LogP contribution in [0.4, 0.5) is 5.69 Å². The molecule has 0 radical (unpaired) electrons. The summed E-state index contributed by atoms with van der Waals surface area (Å²) < 4.78 is 0. The maximum Gasteiger partial charge on any atom is 0.238 e. The fourth-order valence-corrected chi connectivity index (χ4v) is 1.98. The lowest BCUT2D eigenvalue weighted by molar-refractivity contribution is -0.115. The number of carbonyl (C=O) groups excluding carboxylic acids is 1. The van der Waals surface area contributed by atoms with Gasteiger partial charge in [0.05, 0.1) is 6.54 Å². The lowest BCUT2D eigenvalue weighted by Gasteiger charge is -2.08. The molecule has 0 fully saturated rings. The van der Waals surface area contributed by atoms with Crippen LogP contribution >= 0.6 is 0 Å². The third kappa shape index (κ3) is 6.37. The van der Waals surface area contributed by atoms with E-state index < -0.39 is 0 Å². The molecule has 0 saturated carbocycles. The van der Waals surface area contributed by atoms with Crippen molar-refractivity contribution in [3.63, 3.8) is 0 Å². The van der Waals surface area contributed by atoms with Crippen molar-refractivity contribution in [1.82, 2.24) is 5.32 Å². The molecule has 0 unspecified atom stereocenters. The van der Waals surface area contributed by atoms with E-state index in [0.29, 0.717) is 12.5 Å². The molecule has 0 spiro atoms. The van der Waals surface area contributed by atoms with E-state index in [4.69, 9.17) is 0 Å². The van der Waals surface area contributed by atoms with E-state index in [1.165, 1.54) is 0 Å². The SMILES string of the molecule is CC(C)CNCC(=O)Nc1ccc(C#Cc2ccccc2)cc1. The van der Waals surface area contributed by atoms with Gasteiger partial charge < -0.3 is 10.6 Å². The zero-order valence-electron chi connectivity index (χ0n) is 13.6. The van der Waals surface area contributed by atoms with Gasteiger partial charge in [0.25, 0.3) is 0 Å². The van der Waals surface area contributed by atoms with Gasteiger partial charge in [0.15, 0.2) is 0 Å². The second-order valence-electron chi connectivity index (χ2n) is 5.77. The average Bonchev–Trinajstić information content (AvgIpc) is 2.55. The van der Waals surface area contributed by atoms with Gasteiger partial charge in [-0.1, -0.05) is 43.9 Å². The first-order valence-corrected chi connectivity index (χ1v) is 7.81. The van der Waals surface area contributed by atoms with E-state index in [1.54, 1.807) is 0 Å². The van der Waals surface area contributed by atoms with Crippen molar-refractivity contribution < 1.29 is 4.79 Å². The summed E-state index contributed by atoms with van der Waals surface area (Å²) in [5.74, 6) is 6.72. The Labute approximate surface area is 138 Å². The van der Waals surface area contributed by atoms with E-state index >= 15 is 0 Å². The summed E-state index contributed by atoms with van der Waals surface area (Å²) in [5.41, 5.74) is 2.69. The van der Waals surface area contributed by atoms with Crippen molar-refractivity contribution in [2.24, 2.45) is 5.92 Å². The van der Waals surface area contributed by atoms with Crippen molar-refractivity contribution in [1.29, 1.82) is 0 Å². The highest BCUT2D eigenvalue weighted by Crippen LogP contribution is 2.09. The molecule has 23 heavy (non-hydrogen) atoms. The van der Waals surface area contributed by atoms with Crippen molar-refractivity contribution >= 4 is 11.6 Å². The Balaban J connectivity index is 1.87. The quantitative estimate of drug-likeness (QED) is 0.832. The zero-order valence-corrected chi connectivity index (χ0v) is 13.6. The van der Waals surface area contributed by atoms with Gasteiger partial charge in [-0.05, 0) is 48.9 Å².